The molecule has 1 aromatic carbocycles. The fourth-order valence-corrected chi connectivity index (χ4v) is 2.76. The normalized spacial score (nSPS) is 13.3. The molecule has 0 bridgehead atoms. The van der Waals surface area contributed by atoms with E-state index in [-0.39, 0.29) is 5.82 Å². The van der Waals surface area contributed by atoms with Gasteiger partial charge >= 0.3 is 0 Å². The first-order valence-corrected chi connectivity index (χ1v) is 6.76. The predicted molar refractivity (Wildman–Crippen MR) is 78.4 cm³/mol. The Hall–Kier alpha value is -2.69. The highest BCUT2D eigenvalue weighted by Gasteiger charge is 2.21. The van der Waals surface area contributed by atoms with Crippen LogP contribution in [0.2, 0.25) is 0 Å². The summed E-state index contributed by atoms with van der Waals surface area (Å²) in [6.07, 6.45) is 3.66. The lowest BCUT2D eigenvalue weighted by molar-refractivity contribution is 0.627. The van der Waals surface area contributed by atoms with Gasteiger partial charge in [0.2, 0.25) is 0 Å². The molecule has 21 heavy (non-hydrogen) atoms. The van der Waals surface area contributed by atoms with Gasteiger partial charge in [0.1, 0.15) is 11.6 Å². The van der Waals surface area contributed by atoms with Crippen molar-refractivity contribution in [2.24, 2.45) is 4.99 Å². The monoisotopic (exact) mass is 280 g/mol. The number of aryl methyl sites for hydroxylation is 1. The topological polar surface area (TPSA) is 46.0 Å². The third-order valence-corrected chi connectivity index (χ3v) is 3.70. The molecule has 1 aliphatic heterocycles. The number of nitrogens with one attached hydrogen (secondary N) is 1. The molecule has 0 aliphatic carbocycles. The van der Waals surface area contributed by atoms with Crippen LogP contribution in [0.25, 0.3) is 5.69 Å². The molecule has 4 rings (SSSR count). The number of hydrogen-bond donors (Lipinski definition) is 1. The zero-order valence-corrected chi connectivity index (χ0v) is 11.5. The number of rotatable bonds is 1. The Bertz CT molecular complexity index is 843. The second kappa shape index (κ2) is 4.41. The molecule has 0 radical (unpaired) electrons. The molecule has 0 saturated carbocycles. The minimum Gasteiger partial charge on any atom is -0.360 e. The number of H-pyrrole nitrogens is 1. The smallest absolute Gasteiger partial charge is 0.135 e. The second-order valence-corrected chi connectivity index (χ2v) is 5.06. The lowest BCUT2D eigenvalue weighted by atomic mass is 10.0. The highest BCUT2D eigenvalue weighted by atomic mass is 19.1. The minimum atomic E-state index is -0.269. The quantitative estimate of drug-likeness (QED) is 0.731. The van der Waals surface area contributed by atoms with E-state index in [1.807, 2.05) is 36.0 Å². The van der Waals surface area contributed by atoms with Crippen LogP contribution in [0, 0.1) is 12.7 Å². The minimum absolute atomic E-state index is 0.269. The van der Waals surface area contributed by atoms with Gasteiger partial charge in [-0.05, 0) is 37.3 Å². The Morgan fingerprint density at radius 3 is 3.00 bits per heavy atom. The number of aromatic amines is 1. The van der Waals surface area contributed by atoms with Gasteiger partial charge in [-0.1, -0.05) is 0 Å². The van der Waals surface area contributed by atoms with Gasteiger partial charge in [-0.15, -0.1) is 0 Å². The maximum absolute atomic E-state index is 13.8. The fraction of sp³-hybridized carbons (Fsp3) is 0.125. The Labute approximate surface area is 121 Å². The zero-order valence-electron chi connectivity index (χ0n) is 11.5. The van der Waals surface area contributed by atoms with Crippen molar-refractivity contribution in [2.45, 2.75) is 13.5 Å². The van der Waals surface area contributed by atoms with Gasteiger partial charge in [-0.25, -0.2) is 9.37 Å². The van der Waals surface area contributed by atoms with Crippen LogP contribution in [0.4, 0.5) is 4.39 Å². The Morgan fingerprint density at radius 2 is 2.19 bits per heavy atom. The van der Waals surface area contributed by atoms with Crippen molar-refractivity contribution in [3.8, 4) is 5.69 Å². The SMILES string of the molecule is Cc1cnc2n1-c1ccc(F)cc1C(c1ccc[nH]1)=NC2. The van der Waals surface area contributed by atoms with Crippen LogP contribution < -0.4 is 0 Å². The number of aliphatic imine (C=N–C) groups is 1. The van der Waals surface area contributed by atoms with Crippen molar-refractivity contribution in [1.29, 1.82) is 0 Å². The van der Waals surface area contributed by atoms with Crippen LogP contribution in [0.5, 0.6) is 0 Å². The van der Waals surface area contributed by atoms with E-state index in [9.17, 15) is 4.39 Å². The Kier molecular flexibility index (Phi) is 2.54. The summed E-state index contributed by atoms with van der Waals surface area (Å²) in [5.74, 6) is 0.594. The first-order valence-electron chi connectivity index (χ1n) is 6.76. The number of fused-ring (bicyclic) bond motifs is 3. The average Bonchev–Trinajstić information content (AvgIpc) is 3.08. The number of hydrogen-bond acceptors (Lipinski definition) is 2. The number of aromatic nitrogens is 3. The molecule has 104 valence electrons. The van der Waals surface area contributed by atoms with Crippen molar-refractivity contribution in [2.75, 3.05) is 0 Å². The van der Waals surface area contributed by atoms with Gasteiger partial charge in [0.05, 0.1) is 23.6 Å². The Morgan fingerprint density at radius 1 is 1.29 bits per heavy atom. The fourth-order valence-electron chi connectivity index (χ4n) is 2.76. The van der Waals surface area contributed by atoms with Gasteiger partial charge in [-0.3, -0.25) is 9.56 Å². The van der Waals surface area contributed by atoms with Crippen LogP contribution in [-0.2, 0) is 6.54 Å². The van der Waals surface area contributed by atoms with Gasteiger partial charge in [0, 0.05) is 23.7 Å². The van der Waals surface area contributed by atoms with Crippen molar-refractivity contribution in [1.82, 2.24) is 14.5 Å². The van der Waals surface area contributed by atoms with Crippen molar-refractivity contribution < 1.29 is 4.39 Å². The summed E-state index contributed by atoms with van der Waals surface area (Å²) in [6.45, 7) is 2.46. The van der Waals surface area contributed by atoms with Crippen molar-refractivity contribution in [3.05, 3.63) is 71.3 Å². The summed E-state index contributed by atoms with van der Waals surface area (Å²) < 4.78 is 15.8. The number of nitrogens with zero attached hydrogens (tertiary/aromatic N) is 3. The number of benzene rings is 1. The lowest BCUT2D eigenvalue weighted by Crippen LogP contribution is -2.08. The molecular formula is C16H13FN4. The van der Waals surface area contributed by atoms with Crippen LogP contribution in [-0.4, -0.2) is 20.2 Å². The van der Waals surface area contributed by atoms with E-state index in [1.165, 1.54) is 12.1 Å². The average molecular weight is 280 g/mol. The molecular weight excluding hydrogens is 267 g/mol. The highest BCUT2D eigenvalue weighted by molar-refractivity contribution is 6.14. The van der Waals surface area contributed by atoms with Gasteiger partial charge in [-0.2, -0.15) is 0 Å². The van der Waals surface area contributed by atoms with Crippen LogP contribution in [0.1, 0.15) is 22.8 Å². The first kappa shape index (κ1) is 12.1. The molecule has 0 saturated heterocycles. The second-order valence-electron chi connectivity index (χ2n) is 5.06. The molecule has 0 unspecified atom stereocenters. The number of halogens is 1. The van der Waals surface area contributed by atoms with E-state index in [0.717, 1.165) is 34.2 Å². The summed E-state index contributed by atoms with van der Waals surface area (Å²) >= 11 is 0. The van der Waals surface area contributed by atoms with E-state index < -0.39 is 0 Å². The van der Waals surface area contributed by atoms with Gasteiger partial charge < -0.3 is 4.98 Å². The third-order valence-electron chi connectivity index (χ3n) is 3.70. The summed E-state index contributed by atoms with van der Waals surface area (Å²) in [7, 11) is 0. The Balaban J connectivity index is 2.03. The van der Waals surface area contributed by atoms with Crippen LogP contribution in [0.15, 0.2) is 47.7 Å². The molecule has 3 aromatic rings. The summed E-state index contributed by atoms with van der Waals surface area (Å²) in [4.78, 5) is 12.2. The van der Waals surface area contributed by atoms with Crippen LogP contribution >= 0.6 is 0 Å². The van der Waals surface area contributed by atoms with E-state index in [4.69, 9.17) is 0 Å². The van der Waals surface area contributed by atoms with Crippen molar-refractivity contribution in [3.63, 3.8) is 0 Å². The highest BCUT2D eigenvalue weighted by Crippen LogP contribution is 2.26. The standard InChI is InChI=1S/C16H13FN4/c1-10-8-19-15-9-20-16(13-3-2-6-18-13)12-7-11(17)4-5-14(12)21(10)15/h2-8,18H,9H2,1H3. The zero-order chi connectivity index (χ0) is 14.4. The third kappa shape index (κ3) is 1.81. The van der Waals surface area contributed by atoms with E-state index >= 15 is 0 Å². The van der Waals surface area contributed by atoms with E-state index in [1.54, 1.807) is 6.07 Å². The predicted octanol–water partition coefficient (Wildman–Crippen LogP) is 3.00. The lowest BCUT2D eigenvalue weighted by Gasteiger charge is -2.12. The molecule has 4 nitrogen and oxygen atoms in total. The molecule has 0 amide bonds. The van der Waals surface area contributed by atoms with E-state index in [0.29, 0.717) is 6.54 Å². The number of imidazole rings is 1. The molecule has 0 fully saturated rings. The van der Waals surface area contributed by atoms with Gasteiger partial charge in [0.15, 0.2) is 0 Å². The van der Waals surface area contributed by atoms with Crippen molar-refractivity contribution >= 4 is 5.71 Å². The molecule has 0 spiro atoms. The molecule has 1 aliphatic rings. The molecule has 3 heterocycles. The maximum atomic E-state index is 13.8. The first-order chi connectivity index (χ1) is 10.2. The van der Waals surface area contributed by atoms with E-state index in [2.05, 4.69) is 15.0 Å². The summed E-state index contributed by atoms with van der Waals surface area (Å²) in [5, 5.41) is 0. The molecule has 1 N–H and O–H groups in total. The van der Waals surface area contributed by atoms with Crippen LogP contribution in [0.3, 0.4) is 0 Å². The summed E-state index contributed by atoms with van der Waals surface area (Å²) in [6, 6.07) is 8.63. The molecule has 0 atom stereocenters. The molecule has 5 heteroatoms. The van der Waals surface area contributed by atoms with Gasteiger partial charge in [0.25, 0.3) is 0 Å². The largest absolute Gasteiger partial charge is 0.360 e. The summed E-state index contributed by atoms with van der Waals surface area (Å²) in [5.41, 5.74) is 4.34. The maximum Gasteiger partial charge on any atom is 0.135 e. The molecule has 2 aromatic heterocycles.